The van der Waals surface area contributed by atoms with E-state index in [0.717, 1.165) is 5.56 Å². The lowest BCUT2D eigenvalue weighted by Crippen LogP contribution is -2.28. The van der Waals surface area contributed by atoms with Crippen LogP contribution in [0.15, 0.2) is 18.2 Å². The summed E-state index contributed by atoms with van der Waals surface area (Å²) in [5.74, 6) is 0.581. The molecule has 0 heterocycles. The zero-order chi connectivity index (χ0) is 12.1. The molecule has 0 fully saturated rings. The average Bonchev–Trinajstić information content (AvgIpc) is 2.26. The van der Waals surface area contributed by atoms with Gasteiger partial charge in [0.25, 0.3) is 5.91 Å². The molecule has 1 aromatic rings. The quantitative estimate of drug-likeness (QED) is 0.822. The van der Waals surface area contributed by atoms with Gasteiger partial charge in [0, 0.05) is 17.5 Å². The molecule has 0 aliphatic heterocycles. The van der Waals surface area contributed by atoms with Crippen LogP contribution in [0, 0.1) is 6.92 Å². The van der Waals surface area contributed by atoms with E-state index in [9.17, 15) is 4.79 Å². The van der Waals surface area contributed by atoms with Gasteiger partial charge in [0.1, 0.15) is 5.75 Å². The summed E-state index contributed by atoms with van der Waals surface area (Å²) in [6.07, 6.45) is 0. The number of ether oxygens (including phenoxy) is 1. The van der Waals surface area contributed by atoms with Gasteiger partial charge in [-0.15, -0.1) is 11.6 Å². The van der Waals surface area contributed by atoms with Gasteiger partial charge in [-0.25, -0.2) is 0 Å². The van der Waals surface area contributed by atoms with Crippen molar-refractivity contribution >= 4 is 17.5 Å². The Morgan fingerprint density at radius 3 is 2.81 bits per heavy atom. The number of methoxy groups -OCH3 is 1. The molecule has 1 N–H and O–H groups in total. The molecule has 16 heavy (non-hydrogen) atoms. The fourth-order valence-corrected chi connectivity index (χ4v) is 1.37. The zero-order valence-corrected chi connectivity index (χ0v) is 10.5. The van der Waals surface area contributed by atoms with E-state index in [2.05, 4.69) is 5.32 Å². The first-order chi connectivity index (χ1) is 7.54. The third kappa shape index (κ3) is 3.42. The van der Waals surface area contributed by atoms with E-state index in [0.29, 0.717) is 17.9 Å². The molecule has 0 saturated heterocycles. The highest BCUT2D eigenvalue weighted by Crippen LogP contribution is 2.18. The van der Waals surface area contributed by atoms with Crippen molar-refractivity contribution in [3.8, 4) is 5.75 Å². The largest absolute Gasteiger partial charge is 0.496 e. The van der Waals surface area contributed by atoms with Gasteiger partial charge in [0.05, 0.1) is 7.11 Å². The summed E-state index contributed by atoms with van der Waals surface area (Å²) in [5, 5.41) is 2.67. The summed E-state index contributed by atoms with van der Waals surface area (Å²) in [7, 11) is 1.59. The zero-order valence-electron chi connectivity index (χ0n) is 9.71. The highest BCUT2D eigenvalue weighted by molar-refractivity contribution is 6.20. The minimum Gasteiger partial charge on any atom is -0.496 e. The summed E-state index contributed by atoms with van der Waals surface area (Å²) in [5.41, 5.74) is 1.59. The predicted molar refractivity (Wildman–Crippen MR) is 65.4 cm³/mol. The Morgan fingerprint density at radius 2 is 2.25 bits per heavy atom. The minimum absolute atomic E-state index is 0.0729. The monoisotopic (exact) mass is 241 g/mol. The molecule has 0 aliphatic rings. The lowest BCUT2D eigenvalue weighted by molar-refractivity contribution is 0.0953. The van der Waals surface area contributed by atoms with Crippen molar-refractivity contribution in [1.82, 2.24) is 5.32 Å². The summed E-state index contributed by atoms with van der Waals surface area (Å²) in [6.45, 7) is 4.22. The van der Waals surface area contributed by atoms with Gasteiger partial charge in [-0.1, -0.05) is 6.07 Å². The summed E-state index contributed by atoms with van der Waals surface area (Å²) in [6, 6.07) is 5.35. The standard InChI is InChI=1S/C12H16ClNO2/c1-8-4-5-10(6-11(8)16-3)12(15)14-7-9(2)13/h4-6,9H,7H2,1-3H3,(H,14,15). The van der Waals surface area contributed by atoms with Crippen LogP contribution >= 0.6 is 11.6 Å². The number of amides is 1. The molecule has 0 aromatic heterocycles. The van der Waals surface area contributed by atoms with Crippen LogP contribution in [-0.2, 0) is 0 Å². The number of carbonyl (C=O) groups excluding carboxylic acids is 1. The normalized spacial score (nSPS) is 12.0. The second-order valence-corrected chi connectivity index (χ2v) is 4.42. The van der Waals surface area contributed by atoms with Crippen LogP contribution in [0.2, 0.25) is 0 Å². The summed E-state index contributed by atoms with van der Waals surface area (Å²) < 4.78 is 5.16. The Labute approximate surface area is 101 Å². The van der Waals surface area contributed by atoms with Crippen molar-refractivity contribution < 1.29 is 9.53 Å². The number of alkyl halides is 1. The first-order valence-electron chi connectivity index (χ1n) is 5.11. The first-order valence-corrected chi connectivity index (χ1v) is 5.55. The molecule has 0 aliphatic carbocycles. The molecule has 0 spiro atoms. The number of hydrogen-bond donors (Lipinski definition) is 1. The minimum atomic E-state index is -0.134. The maximum atomic E-state index is 11.7. The third-order valence-corrected chi connectivity index (χ3v) is 2.37. The molecule has 1 atom stereocenters. The Bertz CT molecular complexity index is 377. The fraction of sp³-hybridized carbons (Fsp3) is 0.417. The number of aryl methyl sites for hydroxylation is 1. The summed E-state index contributed by atoms with van der Waals surface area (Å²) >= 11 is 5.75. The van der Waals surface area contributed by atoms with Crippen LogP contribution in [-0.4, -0.2) is 24.9 Å². The maximum Gasteiger partial charge on any atom is 0.251 e. The summed E-state index contributed by atoms with van der Waals surface area (Å²) in [4.78, 5) is 11.7. The van der Waals surface area contributed by atoms with Gasteiger partial charge >= 0.3 is 0 Å². The Balaban J connectivity index is 2.76. The van der Waals surface area contributed by atoms with E-state index >= 15 is 0 Å². The molecule has 88 valence electrons. The Hall–Kier alpha value is -1.22. The Morgan fingerprint density at radius 1 is 1.56 bits per heavy atom. The molecular weight excluding hydrogens is 226 g/mol. The average molecular weight is 242 g/mol. The predicted octanol–water partition coefficient (Wildman–Crippen LogP) is 2.36. The van der Waals surface area contributed by atoms with Crippen LogP contribution in [0.3, 0.4) is 0 Å². The van der Waals surface area contributed by atoms with Crippen molar-refractivity contribution in [2.45, 2.75) is 19.2 Å². The SMILES string of the molecule is COc1cc(C(=O)NCC(C)Cl)ccc1C. The van der Waals surface area contributed by atoms with Crippen LogP contribution in [0.4, 0.5) is 0 Å². The molecule has 1 amide bonds. The molecule has 0 saturated carbocycles. The van der Waals surface area contributed by atoms with E-state index in [1.54, 1.807) is 19.2 Å². The number of halogens is 1. The van der Waals surface area contributed by atoms with Crippen LogP contribution in [0.25, 0.3) is 0 Å². The highest BCUT2D eigenvalue weighted by atomic mass is 35.5. The van der Waals surface area contributed by atoms with Crippen molar-refractivity contribution in [2.24, 2.45) is 0 Å². The number of nitrogens with one attached hydrogen (secondary N) is 1. The van der Waals surface area contributed by atoms with E-state index in [1.165, 1.54) is 0 Å². The van der Waals surface area contributed by atoms with E-state index in [4.69, 9.17) is 16.3 Å². The van der Waals surface area contributed by atoms with Gasteiger partial charge in [-0.05, 0) is 31.5 Å². The second-order valence-electron chi connectivity index (χ2n) is 3.68. The van der Waals surface area contributed by atoms with Gasteiger partial charge in [0.15, 0.2) is 0 Å². The second kappa shape index (κ2) is 5.75. The van der Waals surface area contributed by atoms with Crippen LogP contribution in [0.1, 0.15) is 22.8 Å². The van der Waals surface area contributed by atoms with Crippen molar-refractivity contribution in [2.75, 3.05) is 13.7 Å². The molecule has 1 aromatic carbocycles. The van der Waals surface area contributed by atoms with Crippen LogP contribution in [0.5, 0.6) is 5.75 Å². The van der Waals surface area contributed by atoms with Gasteiger partial charge in [-0.2, -0.15) is 0 Å². The molecule has 1 rings (SSSR count). The van der Waals surface area contributed by atoms with Gasteiger partial charge < -0.3 is 10.1 Å². The number of hydrogen-bond acceptors (Lipinski definition) is 2. The fourth-order valence-electron chi connectivity index (χ4n) is 1.30. The number of benzene rings is 1. The van der Waals surface area contributed by atoms with Crippen molar-refractivity contribution in [1.29, 1.82) is 0 Å². The maximum absolute atomic E-state index is 11.7. The molecular formula is C12H16ClNO2. The molecule has 3 nitrogen and oxygen atoms in total. The van der Waals surface area contributed by atoms with E-state index in [-0.39, 0.29) is 11.3 Å². The van der Waals surface area contributed by atoms with Crippen molar-refractivity contribution in [3.63, 3.8) is 0 Å². The smallest absolute Gasteiger partial charge is 0.251 e. The van der Waals surface area contributed by atoms with Gasteiger partial charge in [-0.3, -0.25) is 4.79 Å². The van der Waals surface area contributed by atoms with E-state index < -0.39 is 0 Å². The van der Waals surface area contributed by atoms with Gasteiger partial charge in [0.2, 0.25) is 0 Å². The van der Waals surface area contributed by atoms with Crippen molar-refractivity contribution in [3.05, 3.63) is 29.3 Å². The number of rotatable bonds is 4. The topological polar surface area (TPSA) is 38.3 Å². The first kappa shape index (κ1) is 12.8. The lowest BCUT2D eigenvalue weighted by Gasteiger charge is -2.09. The molecule has 0 radical (unpaired) electrons. The Kier molecular flexibility index (Phi) is 4.62. The highest BCUT2D eigenvalue weighted by Gasteiger charge is 2.08. The number of carbonyl (C=O) groups is 1. The van der Waals surface area contributed by atoms with Crippen LogP contribution < -0.4 is 10.1 Å². The molecule has 0 bridgehead atoms. The van der Waals surface area contributed by atoms with E-state index in [1.807, 2.05) is 19.9 Å². The lowest BCUT2D eigenvalue weighted by atomic mass is 10.1. The molecule has 4 heteroatoms. The third-order valence-electron chi connectivity index (χ3n) is 2.21. The molecule has 1 unspecified atom stereocenters.